The van der Waals surface area contributed by atoms with Crippen molar-refractivity contribution in [3.05, 3.63) is 29.3 Å². The highest BCUT2D eigenvalue weighted by molar-refractivity contribution is 5.96. The fourth-order valence-corrected chi connectivity index (χ4v) is 1.13. The normalized spacial score (nSPS) is 9.47. The van der Waals surface area contributed by atoms with Crippen molar-refractivity contribution in [2.75, 3.05) is 19.5 Å². The molecule has 2 N–H and O–H groups in total. The number of nitrogens with one attached hydrogen (secondary N) is 1. The zero-order valence-electron chi connectivity index (χ0n) is 8.40. The minimum Gasteiger partial charge on any atom is -0.478 e. The molecule has 0 amide bonds. The van der Waals surface area contributed by atoms with Crippen LogP contribution in [0.1, 0.15) is 20.7 Å². The summed E-state index contributed by atoms with van der Waals surface area (Å²) < 4.78 is 4.51. The second-order valence-electron chi connectivity index (χ2n) is 2.85. The molecule has 1 aromatic rings. The number of ether oxygens (including phenoxy) is 1. The van der Waals surface area contributed by atoms with Gasteiger partial charge < -0.3 is 15.2 Å². The lowest BCUT2D eigenvalue weighted by molar-refractivity contribution is 0.0601. The highest BCUT2D eigenvalue weighted by Gasteiger charge is 2.11. The Kier molecular flexibility index (Phi) is 3.28. The van der Waals surface area contributed by atoms with Crippen molar-refractivity contribution in [2.24, 2.45) is 0 Å². The van der Waals surface area contributed by atoms with E-state index in [0.29, 0.717) is 5.69 Å². The van der Waals surface area contributed by atoms with Gasteiger partial charge in [0.2, 0.25) is 0 Å². The summed E-state index contributed by atoms with van der Waals surface area (Å²) in [6, 6.07) is 4.24. The molecule has 0 aliphatic heterocycles. The monoisotopic (exact) mass is 209 g/mol. The molecule has 0 bridgehead atoms. The Bertz CT molecular complexity index is 400. The first-order valence-electron chi connectivity index (χ1n) is 4.23. The number of carboxylic acid groups (broad SMARTS) is 1. The number of anilines is 1. The highest BCUT2D eigenvalue weighted by atomic mass is 16.5. The van der Waals surface area contributed by atoms with E-state index in [4.69, 9.17) is 5.11 Å². The first kappa shape index (κ1) is 11.0. The van der Waals surface area contributed by atoms with Crippen LogP contribution in [0.4, 0.5) is 5.69 Å². The summed E-state index contributed by atoms with van der Waals surface area (Å²) in [7, 11) is 2.89. The van der Waals surface area contributed by atoms with Gasteiger partial charge >= 0.3 is 11.9 Å². The molecule has 0 aliphatic rings. The zero-order valence-corrected chi connectivity index (χ0v) is 8.40. The molecule has 1 rings (SSSR count). The molecule has 0 spiro atoms. The van der Waals surface area contributed by atoms with Crippen LogP contribution in [0.3, 0.4) is 0 Å². The topological polar surface area (TPSA) is 75.6 Å². The molecular weight excluding hydrogens is 198 g/mol. The van der Waals surface area contributed by atoms with E-state index >= 15 is 0 Å². The Morgan fingerprint density at radius 3 is 2.33 bits per heavy atom. The van der Waals surface area contributed by atoms with Crippen LogP contribution in [0.25, 0.3) is 0 Å². The van der Waals surface area contributed by atoms with Crippen LogP contribution in [0.15, 0.2) is 18.2 Å². The van der Waals surface area contributed by atoms with Crippen LogP contribution >= 0.6 is 0 Å². The fourth-order valence-electron chi connectivity index (χ4n) is 1.13. The predicted octanol–water partition coefficient (Wildman–Crippen LogP) is 1.21. The average molecular weight is 209 g/mol. The average Bonchev–Trinajstić information content (AvgIpc) is 2.27. The number of rotatable bonds is 3. The van der Waals surface area contributed by atoms with Gasteiger partial charge in [0, 0.05) is 12.7 Å². The second-order valence-corrected chi connectivity index (χ2v) is 2.85. The van der Waals surface area contributed by atoms with Gasteiger partial charge in [-0.2, -0.15) is 0 Å². The van der Waals surface area contributed by atoms with Gasteiger partial charge in [0.15, 0.2) is 0 Å². The number of carboxylic acids is 1. The Balaban J connectivity index is 3.23. The Morgan fingerprint density at radius 1 is 1.27 bits per heavy atom. The van der Waals surface area contributed by atoms with Gasteiger partial charge in [0.25, 0.3) is 0 Å². The van der Waals surface area contributed by atoms with Crippen molar-refractivity contribution in [3.63, 3.8) is 0 Å². The number of aromatic carboxylic acids is 1. The van der Waals surface area contributed by atoms with Crippen molar-refractivity contribution in [1.82, 2.24) is 0 Å². The predicted molar refractivity (Wildman–Crippen MR) is 54.3 cm³/mol. The first-order valence-corrected chi connectivity index (χ1v) is 4.23. The summed E-state index contributed by atoms with van der Waals surface area (Å²) >= 11 is 0. The molecule has 0 saturated carbocycles. The van der Waals surface area contributed by atoms with Gasteiger partial charge in [-0.1, -0.05) is 0 Å². The maximum atomic E-state index is 11.2. The van der Waals surface area contributed by atoms with E-state index in [1.165, 1.54) is 25.3 Å². The molecule has 0 aliphatic carbocycles. The van der Waals surface area contributed by atoms with Crippen molar-refractivity contribution < 1.29 is 19.4 Å². The molecule has 0 fully saturated rings. The van der Waals surface area contributed by atoms with Gasteiger partial charge in [-0.05, 0) is 18.2 Å². The lowest BCUT2D eigenvalue weighted by Gasteiger charge is -2.05. The van der Waals surface area contributed by atoms with E-state index in [1.807, 2.05) is 0 Å². The van der Waals surface area contributed by atoms with Gasteiger partial charge in [0.1, 0.15) is 0 Å². The van der Waals surface area contributed by atoms with Gasteiger partial charge in [-0.15, -0.1) is 0 Å². The molecule has 5 nitrogen and oxygen atoms in total. The summed E-state index contributed by atoms with van der Waals surface area (Å²) in [6.07, 6.45) is 0. The lowest BCUT2D eigenvalue weighted by Crippen LogP contribution is -2.06. The van der Waals surface area contributed by atoms with Crippen LogP contribution in [0, 0.1) is 0 Å². The third-order valence-electron chi connectivity index (χ3n) is 1.89. The summed E-state index contributed by atoms with van der Waals surface area (Å²) in [5.41, 5.74) is 0.805. The van der Waals surface area contributed by atoms with E-state index in [1.54, 1.807) is 7.05 Å². The molecule has 0 radical (unpaired) electrons. The number of carbonyl (C=O) groups is 2. The third kappa shape index (κ3) is 2.46. The number of benzene rings is 1. The minimum atomic E-state index is -1.09. The number of hydrogen-bond acceptors (Lipinski definition) is 4. The smallest absolute Gasteiger partial charge is 0.337 e. The zero-order chi connectivity index (χ0) is 11.4. The standard InChI is InChI=1S/C10H11NO4/c1-11-8-4-6(9(12)13)3-7(5-8)10(14)15-2/h3-5,11H,1-2H3,(H,12,13). The number of hydrogen-bond donors (Lipinski definition) is 2. The van der Waals surface area contributed by atoms with Crippen LogP contribution in [0.5, 0.6) is 0 Å². The number of carbonyl (C=O) groups excluding carboxylic acids is 1. The summed E-state index contributed by atoms with van der Waals surface area (Å²) in [4.78, 5) is 22.0. The van der Waals surface area contributed by atoms with Gasteiger partial charge in [0.05, 0.1) is 18.2 Å². The van der Waals surface area contributed by atoms with Crippen molar-refractivity contribution in [2.45, 2.75) is 0 Å². The minimum absolute atomic E-state index is 0.0438. The molecule has 5 heteroatoms. The Hall–Kier alpha value is -2.04. The molecule has 0 atom stereocenters. The quantitative estimate of drug-likeness (QED) is 0.732. The molecule has 0 saturated heterocycles. The molecule has 1 aromatic carbocycles. The first-order chi connectivity index (χ1) is 7.08. The summed E-state index contributed by atoms with van der Waals surface area (Å²) in [5, 5.41) is 11.6. The fraction of sp³-hybridized carbons (Fsp3) is 0.200. The molecule has 0 unspecified atom stereocenters. The SMILES string of the molecule is CNc1cc(C(=O)O)cc(C(=O)OC)c1. The largest absolute Gasteiger partial charge is 0.478 e. The van der Waals surface area contributed by atoms with Crippen molar-refractivity contribution >= 4 is 17.6 Å². The highest BCUT2D eigenvalue weighted by Crippen LogP contribution is 2.15. The molecular formula is C10H11NO4. The molecule has 0 heterocycles. The van der Waals surface area contributed by atoms with E-state index in [0.717, 1.165) is 0 Å². The third-order valence-corrected chi connectivity index (χ3v) is 1.89. The Morgan fingerprint density at radius 2 is 1.87 bits per heavy atom. The van der Waals surface area contributed by atoms with Gasteiger partial charge in [-0.3, -0.25) is 0 Å². The molecule has 80 valence electrons. The maximum Gasteiger partial charge on any atom is 0.337 e. The molecule has 0 aromatic heterocycles. The second kappa shape index (κ2) is 4.45. The summed E-state index contributed by atoms with van der Waals surface area (Å²) in [6.45, 7) is 0. The van der Waals surface area contributed by atoms with E-state index in [-0.39, 0.29) is 11.1 Å². The molecule has 15 heavy (non-hydrogen) atoms. The van der Waals surface area contributed by atoms with Crippen LogP contribution in [-0.4, -0.2) is 31.2 Å². The van der Waals surface area contributed by atoms with Crippen LogP contribution in [-0.2, 0) is 4.74 Å². The Labute approximate surface area is 86.7 Å². The lowest BCUT2D eigenvalue weighted by atomic mass is 10.1. The van der Waals surface area contributed by atoms with Crippen LogP contribution in [0.2, 0.25) is 0 Å². The van der Waals surface area contributed by atoms with Crippen molar-refractivity contribution in [3.8, 4) is 0 Å². The van der Waals surface area contributed by atoms with Gasteiger partial charge in [-0.25, -0.2) is 9.59 Å². The van der Waals surface area contributed by atoms with E-state index in [9.17, 15) is 9.59 Å². The number of methoxy groups -OCH3 is 1. The van der Waals surface area contributed by atoms with Crippen molar-refractivity contribution in [1.29, 1.82) is 0 Å². The van der Waals surface area contributed by atoms with E-state index < -0.39 is 11.9 Å². The number of esters is 1. The van der Waals surface area contributed by atoms with Crippen LogP contribution < -0.4 is 5.32 Å². The summed E-state index contributed by atoms with van der Waals surface area (Å²) in [5.74, 6) is -1.65. The van der Waals surface area contributed by atoms with E-state index in [2.05, 4.69) is 10.1 Å². The maximum absolute atomic E-state index is 11.2.